The third-order valence-corrected chi connectivity index (χ3v) is 4.04. The summed E-state index contributed by atoms with van der Waals surface area (Å²) in [6, 6.07) is 16.6. The molecule has 3 aromatic rings. The Morgan fingerprint density at radius 1 is 1.09 bits per heavy atom. The van der Waals surface area contributed by atoms with Gasteiger partial charge in [0.25, 0.3) is 0 Å². The van der Waals surface area contributed by atoms with Crippen molar-refractivity contribution in [3.63, 3.8) is 0 Å². The van der Waals surface area contributed by atoms with Gasteiger partial charge in [0, 0.05) is 11.3 Å². The Labute approximate surface area is 137 Å². The van der Waals surface area contributed by atoms with Gasteiger partial charge in [-0.1, -0.05) is 24.3 Å². The van der Waals surface area contributed by atoms with Gasteiger partial charge in [-0.2, -0.15) is 0 Å². The first-order valence-electron chi connectivity index (χ1n) is 7.24. The van der Waals surface area contributed by atoms with Gasteiger partial charge in [0.2, 0.25) is 6.29 Å². The lowest BCUT2D eigenvalue weighted by molar-refractivity contribution is 0.178. The molecule has 1 aliphatic heterocycles. The third kappa shape index (κ3) is 2.83. The minimum Gasteiger partial charge on any atom is -0.462 e. The van der Waals surface area contributed by atoms with E-state index in [0.717, 1.165) is 10.9 Å². The lowest BCUT2D eigenvalue weighted by atomic mass is 10.1. The zero-order valence-electron chi connectivity index (χ0n) is 12.1. The highest BCUT2D eigenvalue weighted by Crippen LogP contribution is 2.39. The van der Waals surface area contributed by atoms with E-state index in [9.17, 15) is 4.79 Å². The summed E-state index contributed by atoms with van der Waals surface area (Å²) in [6.45, 7) is 0. The molecule has 4 nitrogen and oxygen atoms in total. The molecule has 1 fully saturated rings. The van der Waals surface area contributed by atoms with E-state index in [-0.39, 0.29) is 0 Å². The molecule has 1 saturated heterocycles. The van der Waals surface area contributed by atoms with Crippen LogP contribution in [-0.2, 0) is 10.6 Å². The van der Waals surface area contributed by atoms with Gasteiger partial charge in [-0.25, -0.2) is 4.79 Å². The molecule has 0 radical (unpaired) electrons. The number of fused-ring (bicyclic) bond motifs is 1. The number of epoxide rings is 1. The predicted octanol–water partition coefficient (Wildman–Crippen LogP) is 4.01. The Hall–Kier alpha value is -2.30. The molecule has 0 bridgehead atoms. The molecule has 2 aromatic carbocycles. The summed E-state index contributed by atoms with van der Waals surface area (Å²) in [7, 11) is 0. The lowest BCUT2D eigenvalue weighted by Gasteiger charge is -2.03. The van der Waals surface area contributed by atoms with E-state index in [2.05, 4.69) is 0 Å². The summed E-state index contributed by atoms with van der Waals surface area (Å²) in [6.07, 6.45) is -0.871. The fourth-order valence-corrected chi connectivity index (χ4v) is 2.68. The number of hydrogen-bond donors (Lipinski definition) is 0. The molecule has 0 saturated carbocycles. The Balaban J connectivity index is 1.62. The van der Waals surface area contributed by atoms with E-state index in [4.69, 9.17) is 25.5 Å². The third-order valence-electron chi connectivity index (χ3n) is 3.73. The number of halogens is 1. The van der Waals surface area contributed by atoms with Crippen LogP contribution >= 0.6 is 11.6 Å². The molecule has 0 N–H and O–H groups in total. The van der Waals surface area contributed by atoms with E-state index in [1.54, 1.807) is 12.1 Å². The van der Waals surface area contributed by atoms with Crippen molar-refractivity contribution in [2.45, 2.75) is 18.3 Å². The van der Waals surface area contributed by atoms with Crippen molar-refractivity contribution >= 4 is 22.6 Å². The second-order valence-corrected chi connectivity index (χ2v) is 5.62. The van der Waals surface area contributed by atoms with E-state index in [1.165, 1.54) is 0 Å². The van der Waals surface area contributed by atoms with Crippen molar-refractivity contribution in [2.24, 2.45) is 0 Å². The zero-order chi connectivity index (χ0) is 15.8. The van der Waals surface area contributed by atoms with E-state index in [0.29, 0.717) is 22.8 Å². The quantitative estimate of drug-likeness (QED) is 0.412. The molecule has 2 unspecified atom stereocenters. The number of benzene rings is 2. The monoisotopic (exact) mass is 328 g/mol. The predicted molar refractivity (Wildman–Crippen MR) is 86.7 cm³/mol. The number of hydrogen-bond acceptors (Lipinski definition) is 4. The number of alkyl halides is 1. The van der Waals surface area contributed by atoms with Gasteiger partial charge >= 0.3 is 5.63 Å². The van der Waals surface area contributed by atoms with Crippen molar-refractivity contribution in [3.05, 3.63) is 76.1 Å². The van der Waals surface area contributed by atoms with Crippen LogP contribution in [0.1, 0.15) is 17.2 Å². The van der Waals surface area contributed by atoms with Crippen LogP contribution in [-0.4, -0.2) is 6.29 Å². The Bertz CT molecular complexity index is 904. The lowest BCUT2D eigenvalue weighted by Crippen LogP contribution is -2.09. The van der Waals surface area contributed by atoms with Crippen molar-refractivity contribution in [1.82, 2.24) is 0 Å². The number of rotatable bonds is 4. The Morgan fingerprint density at radius 3 is 2.70 bits per heavy atom. The molecule has 1 aliphatic rings. The number of ether oxygens (including phenoxy) is 2. The van der Waals surface area contributed by atoms with E-state index in [1.807, 2.05) is 42.5 Å². The van der Waals surface area contributed by atoms with Crippen LogP contribution < -0.4 is 10.4 Å². The van der Waals surface area contributed by atoms with Crippen LogP contribution in [0, 0.1) is 0 Å². The summed E-state index contributed by atoms with van der Waals surface area (Å²) < 4.78 is 16.5. The zero-order valence-corrected chi connectivity index (χ0v) is 12.8. The number of para-hydroxylation sites is 1. The largest absolute Gasteiger partial charge is 0.462 e. The highest BCUT2D eigenvalue weighted by Gasteiger charge is 2.45. The minimum atomic E-state index is -0.464. The molecule has 5 heteroatoms. The summed E-state index contributed by atoms with van der Waals surface area (Å²) in [5.41, 5.74) is 1.56. The highest BCUT2D eigenvalue weighted by atomic mass is 35.5. The Morgan fingerprint density at radius 2 is 1.91 bits per heavy atom. The average Bonchev–Trinajstić information content (AvgIpc) is 3.33. The van der Waals surface area contributed by atoms with E-state index >= 15 is 0 Å². The molecule has 116 valence electrons. The molecular weight excluding hydrogens is 316 g/mol. The van der Waals surface area contributed by atoms with E-state index < -0.39 is 18.0 Å². The van der Waals surface area contributed by atoms with Crippen LogP contribution in [0.4, 0.5) is 0 Å². The van der Waals surface area contributed by atoms with Crippen LogP contribution in [0.15, 0.2) is 63.8 Å². The maximum atomic E-state index is 12.1. The van der Waals surface area contributed by atoms with Crippen LogP contribution in [0.25, 0.3) is 11.0 Å². The van der Waals surface area contributed by atoms with Crippen molar-refractivity contribution < 1.29 is 13.9 Å². The van der Waals surface area contributed by atoms with Crippen molar-refractivity contribution in [3.8, 4) is 5.75 Å². The maximum Gasteiger partial charge on any atom is 0.342 e. The van der Waals surface area contributed by atoms with Crippen molar-refractivity contribution in [1.29, 1.82) is 0 Å². The normalized spacial score (nSPS) is 19.7. The SMILES string of the molecule is O=c1oc2ccc(CCl)cc2cc1C1OC1Oc1ccccc1. The van der Waals surface area contributed by atoms with Gasteiger partial charge in [0.05, 0.1) is 5.56 Å². The van der Waals surface area contributed by atoms with Gasteiger partial charge < -0.3 is 13.9 Å². The standard InChI is InChI=1S/C18H13ClO4/c19-10-11-6-7-15-12(8-11)9-14(17(20)22-15)16-18(23-16)21-13-4-2-1-3-5-13/h1-9,16,18H,10H2. The first-order valence-corrected chi connectivity index (χ1v) is 7.78. The first-order chi connectivity index (χ1) is 11.2. The molecule has 2 atom stereocenters. The average molecular weight is 329 g/mol. The smallest absolute Gasteiger partial charge is 0.342 e. The topological polar surface area (TPSA) is 52.0 Å². The molecular formula is C18H13ClO4. The molecule has 2 heterocycles. The van der Waals surface area contributed by atoms with Gasteiger partial charge in [0.1, 0.15) is 11.3 Å². The van der Waals surface area contributed by atoms with Gasteiger partial charge in [-0.3, -0.25) is 0 Å². The van der Waals surface area contributed by atoms with Crippen LogP contribution in [0.3, 0.4) is 0 Å². The van der Waals surface area contributed by atoms with Crippen LogP contribution in [0.5, 0.6) is 5.75 Å². The molecule has 4 rings (SSSR count). The fourth-order valence-electron chi connectivity index (χ4n) is 2.51. The molecule has 23 heavy (non-hydrogen) atoms. The van der Waals surface area contributed by atoms with Gasteiger partial charge in [0.15, 0.2) is 6.10 Å². The van der Waals surface area contributed by atoms with Crippen molar-refractivity contribution in [2.75, 3.05) is 0 Å². The first kappa shape index (κ1) is 14.3. The summed E-state index contributed by atoms with van der Waals surface area (Å²) >= 11 is 5.85. The molecule has 0 aliphatic carbocycles. The minimum absolute atomic E-state index is 0.403. The summed E-state index contributed by atoms with van der Waals surface area (Å²) in [4.78, 5) is 12.1. The second kappa shape index (κ2) is 5.72. The van der Waals surface area contributed by atoms with Crippen LogP contribution in [0.2, 0.25) is 0 Å². The Kier molecular flexibility index (Phi) is 3.56. The molecule has 0 spiro atoms. The van der Waals surface area contributed by atoms with Gasteiger partial charge in [-0.15, -0.1) is 11.6 Å². The molecule has 0 amide bonds. The highest BCUT2D eigenvalue weighted by molar-refractivity contribution is 6.17. The fraction of sp³-hybridized carbons (Fsp3) is 0.167. The van der Waals surface area contributed by atoms with Gasteiger partial charge in [-0.05, 0) is 35.9 Å². The summed E-state index contributed by atoms with van der Waals surface area (Å²) in [5.74, 6) is 1.11. The maximum absolute atomic E-state index is 12.1. The molecule has 1 aromatic heterocycles. The second-order valence-electron chi connectivity index (χ2n) is 5.35. The summed E-state index contributed by atoms with van der Waals surface area (Å²) in [5, 5.41) is 0.826.